The monoisotopic (exact) mass is 159 g/mol. The molecule has 0 bridgehead atoms. The SMILES string of the molecule is C=CCCN(O)NCCN=O. The third kappa shape index (κ3) is 7.11. The van der Waals surface area contributed by atoms with Gasteiger partial charge in [-0.05, 0) is 6.42 Å². The minimum absolute atomic E-state index is 0.158. The first-order valence-electron chi connectivity index (χ1n) is 3.41. The number of nitroso groups, excluding NO2 is 1. The van der Waals surface area contributed by atoms with Crippen molar-refractivity contribution in [2.24, 2.45) is 5.18 Å². The van der Waals surface area contributed by atoms with E-state index >= 15 is 0 Å². The molecule has 0 saturated carbocycles. The molecule has 2 N–H and O–H groups in total. The Morgan fingerprint density at radius 2 is 2.45 bits per heavy atom. The zero-order valence-electron chi connectivity index (χ0n) is 6.36. The van der Waals surface area contributed by atoms with Gasteiger partial charge < -0.3 is 0 Å². The third-order valence-electron chi connectivity index (χ3n) is 1.04. The Hall–Kier alpha value is -0.780. The van der Waals surface area contributed by atoms with Crippen molar-refractivity contribution in [2.75, 3.05) is 19.6 Å². The van der Waals surface area contributed by atoms with Crippen LogP contribution in [0.1, 0.15) is 6.42 Å². The molecule has 0 unspecified atom stereocenters. The lowest BCUT2D eigenvalue weighted by molar-refractivity contribution is -0.134. The maximum absolute atomic E-state index is 9.59. The number of hydroxylamine groups is 1. The lowest BCUT2D eigenvalue weighted by atomic mass is 10.4. The van der Waals surface area contributed by atoms with Gasteiger partial charge in [-0.2, -0.15) is 4.91 Å². The van der Waals surface area contributed by atoms with Crippen molar-refractivity contribution < 1.29 is 5.21 Å². The van der Waals surface area contributed by atoms with E-state index in [9.17, 15) is 4.91 Å². The van der Waals surface area contributed by atoms with Crippen molar-refractivity contribution in [1.82, 2.24) is 10.6 Å². The summed E-state index contributed by atoms with van der Waals surface area (Å²) in [6, 6.07) is 0. The summed E-state index contributed by atoms with van der Waals surface area (Å²) in [6.45, 7) is 4.47. The minimum Gasteiger partial charge on any atom is -0.299 e. The van der Waals surface area contributed by atoms with Crippen molar-refractivity contribution >= 4 is 0 Å². The lowest BCUT2D eigenvalue weighted by Gasteiger charge is -2.13. The summed E-state index contributed by atoms with van der Waals surface area (Å²) in [5.74, 6) is 0. The van der Waals surface area contributed by atoms with Gasteiger partial charge in [0.25, 0.3) is 0 Å². The standard InChI is InChI=1S/C6H13N3O2/c1-2-3-6-9(11)7-4-5-8-10/h2,7,11H,1,3-6H2. The fourth-order valence-electron chi connectivity index (χ4n) is 0.517. The number of hydrogen-bond donors (Lipinski definition) is 2. The molecule has 0 aromatic rings. The fourth-order valence-corrected chi connectivity index (χ4v) is 0.517. The van der Waals surface area contributed by atoms with E-state index < -0.39 is 0 Å². The number of nitrogens with zero attached hydrogens (tertiary/aromatic N) is 2. The lowest BCUT2D eigenvalue weighted by Crippen LogP contribution is -2.37. The Morgan fingerprint density at radius 3 is 3.00 bits per heavy atom. The summed E-state index contributed by atoms with van der Waals surface area (Å²) in [5.41, 5.74) is 2.57. The van der Waals surface area contributed by atoms with Crippen LogP contribution in [0.3, 0.4) is 0 Å². The maximum atomic E-state index is 9.59. The predicted octanol–water partition coefficient (Wildman–Crippen LogP) is 0.525. The summed E-state index contributed by atoms with van der Waals surface area (Å²) >= 11 is 0. The molecule has 0 rings (SSSR count). The van der Waals surface area contributed by atoms with E-state index in [1.165, 1.54) is 0 Å². The number of nitrogens with one attached hydrogen (secondary N) is 1. The minimum atomic E-state index is 0.158. The van der Waals surface area contributed by atoms with Gasteiger partial charge in [-0.1, -0.05) is 11.3 Å². The average Bonchev–Trinajstić information content (AvgIpc) is 2.01. The normalized spacial score (nSPS) is 10.0. The molecular formula is C6H13N3O2. The highest BCUT2D eigenvalue weighted by Gasteiger charge is 1.95. The smallest absolute Gasteiger partial charge is 0.0950 e. The van der Waals surface area contributed by atoms with Gasteiger partial charge in [-0.15, -0.1) is 11.8 Å². The van der Waals surface area contributed by atoms with Crippen LogP contribution in [0.25, 0.3) is 0 Å². The molecule has 0 aromatic heterocycles. The molecule has 64 valence electrons. The van der Waals surface area contributed by atoms with Crippen LogP contribution in [0.4, 0.5) is 0 Å². The van der Waals surface area contributed by atoms with Crippen molar-refractivity contribution in [3.63, 3.8) is 0 Å². The summed E-state index contributed by atoms with van der Waals surface area (Å²) in [6.07, 6.45) is 2.39. The second-order valence-electron chi connectivity index (χ2n) is 1.96. The number of rotatable bonds is 7. The van der Waals surface area contributed by atoms with Crippen molar-refractivity contribution in [3.05, 3.63) is 17.6 Å². The van der Waals surface area contributed by atoms with Gasteiger partial charge in [0.05, 0.1) is 6.54 Å². The molecule has 0 atom stereocenters. The first-order chi connectivity index (χ1) is 5.31. The van der Waals surface area contributed by atoms with Crippen LogP contribution in [-0.2, 0) is 0 Å². The van der Waals surface area contributed by atoms with Crippen LogP contribution in [0.5, 0.6) is 0 Å². The van der Waals surface area contributed by atoms with Gasteiger partial charge >= 0.3 is 0 Å². The quantitative estimate of drug-likeness (QED) is 0.246. The largest absolute Gasteiger partial charge is 0.299 e. The molecule has 0 saturated heterocycles. The molecule has 0 aliphatic heterocycles. The van der Waals surface area contributed by atoms with Crippen LogP contribution in [0.2, 0.25) is 0 Å². The Balaban J connectivity index is 3.14. The first kappa shape index (κ1) is 10.2. The Labute approximate surface area is 65.6 Å². The number of hydrogen-bond acceptors (Lipinski definition) is 5. The van der Waals surface area contributed by atoms with Crippen LogP contribution in [0.15, 0.2) is 17.8 Å². The highest BCUT2D eigenvalue weighted by molar-refractivity contribution is 4.66. The molecule has 5 nitrogen and oxygen atoms in total. The van der Waals surface area contributed by atoms with E-state index in [-0.39, 0.29) is 6.54 Å². The average molecular weight is 159 g/mol. The topological polar surface area (TPSA) is 64.9 Å². The van der Waals surface area contributed by atoms with Gasteiger partial charge in [0, 0.05) is 13.1 Å². The van der Waals surface area contributed by atoms with Gasteiger partial charge in [-0.3, -0.25) is 5.21 Å². The zero-order valence-corrected chi connectivity index (χ0v) is 6.36. The molecular weight excluding hydrogens is 146 g/mol. The van der Waals surface area contributed by atoms with E-state index in [0.29, 0.717) is 19.5 Å². The Kier molecular flexibility index (Phi) is 6.81. The van der Waals surface area contributed by atoms with E-state index in [0.717, 1.165) is 5.17 Å². The Bertz CT molecular complexity index is 118. The van der Waals surface area contributed by atoms with E-state index in [4.69, 9.17) is 5.21 Å². The summed E-state index contributed by atoms with van der Waals surface area (Å²) in [5, 5.41) is 12.5. The number of hydrazine groups is 1. The highest BCUT2D eigenvalue weighted by Crippen LogP contribution is 1.82. The third-order valence-corrected chi connectivity index (χ3v) is 1.04. The van der Waals surface area contributed by atoms with Gasteiger partial charge in [0.1, 0.15) is 0 Å². The summed E-state index contributed by atoms with van der Waals surface area (Å²) in [7, 11) is 0. The van der Waals surface area contributed by atoms with Gasteiger partial charge in [0.15, 0.2) is 0 Å². The second-order valence-corrected chi connectivity index (χ2v) is 1.96. The van der Waals surface area contributed by atoms with Crippen LogP contribution in [0, 0.1) is 4.91 Å². The summed E-state index contributed by atoms with van der Waals surface area (Å²) in [4.78, 5) is 9.59. The van der Waals surface area contributed by atoms with Crippen LogP contribution >= 0.6 is 0 Å². The molecule has 11 heavy (non-hydrogen) atoms. The van der Waals surface area contributed by atoms with Crippen molar-refractivity contribution in [3.8, 4) is 0 Å². The molecule has 0 fully saturated rings. The molecule has 5 heteroatoms. The van der Waals surface area contributed by atoms with E-state index in [2.05, 4.69) is 17.2 Å². The van der Waals surface area contributed by atoms with Gasteiger partial charge in [0.2, 0.25) is 0 Å². The molecule has 0 heterocycles. The first-order valence-corrected chi connectivity index (χ1v) is 3.41. The second kappa shape index (κ2) is 7.33. The molecule has 0 aliphatic carbocycles. The van der Waals surface area contributed by atoms with E-state index in [1.54, 1.807) is 6.08 Å². The molecule has 0 aromatic carbocycles. The van der Waals surface area contributed by atoms with Gasteiger partial charge in [-0.25, -0.2) is 5.43 Å². The predicted molar refractivity (Wildman–Crippen MR) is 42.0 cm³/mol. The molecule has 0 radical (unpaired) electrons. The zero-order chi connectivity index (χ0) is 8.53. The molecule has 0 spiro atoms. The van der Waals surface area contributed by atoms with Crippen LogP contribution in [-0.4, -0.2) is 30.0 Å². The van der Waals surface area contributed by atoms with E-state index in [1.807, 2.05) is 0 Å². The fraction of sp³-hybridized carbons (Fsp3) is 0.667. The van der Waals surface area contributed by atoms with Crippen molar-refractivity contribution in [1.29, 1.82) is 0 Å². The maximum Gasteiger partial charge on any atom is 0.0950 e. The summed E-state index contributed by atoms with van der Waals surface area (Å²) < 4.78 is 0. The van der Waals surface area contributed by atoms with Crippen LogP contribution < -0.4 is 5.43 Å². The van der Waals surface area contributed by atoms with Crippen molar-refractivity contribution in [2.45, 2.75) is 6.42 Å². The Morgan fingerprint density at radius 1 is 1.73 bits per heavy atom. The molecule has 0 amide bonds. The molecule has 0 aliphatic rings. The highest BCUT2D eigenvalue weighted by atomic mass is 16.5.